The molecule has 30 nitrogen and oxygen atoms in total. The minimum Gasteiger partial charge on any atom is -0.483 e. The molecule has 100 heavy (non-hydrogen) atoms. The fourth-order valence-electron chi connectivity index (χ4n) is 13.5. The molecule has 32 heteroatoms. The Labute approximate surface area is 585 Å². The number of anilines is 6. The molecule has 1 aromatic carbocycles. The Kier molecular flexibility index (Phi) is 23.0. The predicted octanol–water partition coefficient (Wildman–Crippen LogP) is 6.01. The van der Waals surface area contributed by atoms with Crippen molar-refractivity contribution in [2.24, 2.45) is 17.8 Å². The number of nitriles is 2. The first-order valence-corrected chi connectivity index (χ1v) is 32.9. The number of nitrogens with zero attached hydrogens (tertiary/aromatic N) is 10. The standard InChI is InChI=1S/C23H24N6O4.C23H23N5O4.C21H22ClN5O4.CH2O2.ClH/c1-13-17-6-14(7-18(17)15(8-24)10-26-13)9-25-5-4-16-11-29(23(31)33-16)20-3-2-19-22(27-20)28-21(30)12-32-19;24-9-16-3-1-2-15-6-14(7-19(15)16)10-25-5-4-18-12-28(23(30)32-18)17-8-20-22(26-11-17)31-13-21(29)27-20;22-19-16-6-12(5-13(16)1-4-24-19)8-23-3-2-15-10-27(21(29)31-15)14-7-17-20(25-9-14)30-11-18(28)26-17;2-1-3;/h2-3,10,14,16,25H,4-7,9,11-12H2,1H3,(H,27,28,30);1-3,8,11,14,18,25H,4-7,10,12-13H2,(H,27,29);1,4,7,9,12,15,23H,2-3,5-6,8,10-11H2,(H,26,28);1H,(H,2,3);1H. The van der Waals surface area contributed by atoms with Crippen LogP contribution >= 0.6 is 24.0 Å². The number of fused-ring (bicyclic) bond motifs is 6. The summed E-state index contributed by atoms with van der Waals surface area (Å²) in [7, 11) is 0. The van der Waals surface area contributed by atoms with Gasteiger partial charge in [0.2, 0.25) is 11.8 Å². The fourth-order valence-corrected chi connectivity index (χ4v) is 13.7. The highest BCUT2D eigenvalue weighted by atomic mass is 35.5. The first kappa shape index (κ1) is 70.8. The third kappa shape index (κ3) is 16.8. The maximum Gasteiger partial charge on any atom is 0.415 e. The third-order valence-corrected chi connectivity index (χ3v) is 18.6. The number of ether oxygens (including phenoxy) is 6. The number of aromatic nitrogens is 5. The van der Waals surface area contributed by atoms with Crippen LogP contribution in [-0.2, 0) is 71.9 Å². The van der Waals surface area contributed by atoms with E-state index in [2.05, 4.69) is 75.0 Å². The van der Waals surface area contributed by atoms with Crippen molar-refractivity contribution in [2.75, 3.05) is 109 Å². The van der Waals surface area contributed by atoms with Crippen LogP contribution in [0, 0.1) is 47.3 Å². The number of pyridine rings is 5. The van der Waals surface area contributed by atoms with Gasteiger partial charge in [-0.1, -0.05) is 23.7 Å². The Morgan fingerprint density at radius 1 is 0.590 bits per heavy atom. The van der Waals surface area contributed by atoms with Crippen LogP contribution in [0.4, 0.5) is 48.8 Å². The lowest BCUT2D eigenvalue weighted by molar-refractivity contribution is -0.123. The van der Waals surface area contributed by atoms with E-state index in [4.69, 9.17) is 49.9 Å². The van der Waals surface area contributed by atoms with Crippen molar-refractivity contribution >= 4 is 101 Å². The molecule has 6 aliphatic heterocycles. The molecule has 0 spiro atoms. The SMILES string of the molecule is Cc1ncc(C#N)c2c1CC(CNCCC1CN(c3ccc4c(n3)NC(=O)CO4)C(=O)O1)C2.Cl.N#Cc1cccc2c1CC(CNCCC1CN(c3cnc4c(c3)NC(=O)CO4)C(=O)O1)C2.O=C1COc2ncc(N3CC(CCNCC4Cc5ccnc(Cl)c5C4)OC3=O)cc2N1.O=CO. The van der Waals surface area contributed by atoms with E-state index < -0.39 is 18.3 Å². The average Bonchev–Trinajstić information content (AvgIpc) is 1.60. The number of benzene rings is 1. The number of carbonyl (C=O) groups excluding carboxylic acids is 6. The third-order valence-electron chi connectivity index (χ3n) is 18.2. The van der Waals surface area contributed by atoms with Gasteiger partial charge in [-0.05, 0) is 192 Å². The molecule has 6 amide bonds. The summed E-state index contributed by atoms with van der Waals surface area (Å²) in [6, 6.07) is 19.2. The molecule has 6 unspecified atom stereocenters. The molecule has 6 aromatic rings. The fraction of sp³-hybridized carbons (Fsp3) is 0.412. The van der Waals surface area contributed by atoms with Crippen LogP contribution < -0.4 is 60.8 Å². The van der Waals surface area contributed by atoms with Gasteiger partial charge in [-0.3, -0.25) is 38.9 Å². The van der Waals surface area contributed by atoms with Crippen molar-refractivity contribution in [3.05, 3.63) is 129 Å². The molecule has 0 saturated carbocycles. The van der Waals surface area contributed by atoms with Crippen LogP contribution in [0.25, 0.3) is 0 Å². The van der Waals surface area contributed by atoms with Crippen molar-refractivity contribution < 1.29 is 67.1 Å². The van der Waals surface area contributed by atoms with Gasteiger partial charge in [-0.15, -0.1) is 12.4 Å². The van der Waals surface area contributed by atoms with E-state index >= 15 is 0 Å². The summed E-state index contributed by atoms with van der Waals surface area (Å²) in [6.45, 7) is 7.59. The number of hydrogen-bond acceptors (Lipinski definition) is 23. The molecule has 0 radical (unpaired) electrons. The second kappa shape index (κ2) is 32.5. The maximum absolute atomic E-state index is 12.4. The van der Waals surface area contributed by atoms with Gasteiger partial charge in [0.25, 0.3) is 24.2 Å². The summed E-state index contributed by atoms with van der Waals surface area (Å²) >= 11 is 6.19. The van der Waals surface area contributed by atoms with Gasteiger partial charge in [0, 0.05) is 18.1 Å². The number of carbonyl (C=O) groups is 7. The van der Waals surface area contributed by atoms with Crippen molar-refractivity contribution in [3.8, 4) is 29.6 Å². The first-order valence-electron chi connectivity index (χ1n) is 32.5. The van der Waals surface area contributed by atoms with Crippen LogP contribution in [0.15, 0.2) is 73.3 Å². The summed E-state index contributed by atoms with van der Waals surface area (Å²) in [5, 5.41) is 44.6. The minimum absolute atomic E-state index is 0. The molecule has 5 aromatic heterocycles. The summed E-state index contributed by atoms with van der Waals surface area (Å²) < 4.78 is 32.4. The number of cyclic esters (lactones) is 3. The van der Waals surface area contributed by atoms with Crippen LogP contribution in [0.2, 0.25) is 5.15 Å². The Bertz CT molecular complexity index is 4200. The Morgan fingerprint density at radius 3 is 1.64 bits per heavy atom. The number of halogens is 2. The van der Waals surface area contributed by atoms with Gasteiger partial charge in [-0.25, -0.2) is 34.3 Å². The summed E-state index contributed by atoms with van der Waals surface area (Å²) in [5.74, 6) is 2.52. The Hall–Kier alpha value is -10.5. The van der Waals surface area contributed by atoms with Crippen LogP contribution in [0.1, 0.15) is 69.5 Å². The molecule has 9 aliphatic rings. The molecule has 522 valence electrons. The topological polar surface area (TPSA) is 389 Å². The molecular formula is C68H72Cl2N16O14. The molecule has 6 atom stereocenters. The van der Waals surface area contributed by atoms with Crippen molar-refractivity contribution in [1.29, 1.82) is 10.5 Å². The van der Waals surface area contributed by atoms with E-state index in [0.29, 0.717) is 126 Å². The Balaban J connectivity index is 0.000000148. The summed E-state index contributed by atoms with van der Waals surface area (Å²) in [5.41, 5.74) is 11.8. The van der Waals surface area contributed by atoms with Crippen molar-refractivity contribution in [3.63, 3.8) is 0 Å². The number of nitrogens with one attached hydrogen (secondary N) is 6. The second-order valence-corrected chi connectivity index (χ2v) is 25.4. The zero-order valence-corrected chi connectivity index (χ0v) is 55.9. The van der Waals surface area contributed by atoms with E-state index in [-0.39, 0.29) is 74.7 Å². The molecule has 3 saturated heterocycles. The number of aryl methyl sites for hydroxylation is 1. The second-order valence-electron chi connectivity index (χ2n) is 25.0. The molecule has 11 heterocycles. The maximum atomic E-state index is 12.4. The zero-order valence-electron chi connectivity index (χ0n) is 54.3. The van der Waals surface area contributed by atoms with Gasteiger partial charge < -0.3 is 65.4 Å². The van der Waals surface area contributed by atoms with Crippen LogP contribution in [-0.4, -0.2) is 170 Å². The van der Waals surface area contributed by atoms with E-state index in [1.165, 1.54) is 37.0 Å². The molecule has 7 N–H and O–H groups in total. The normalized spacial score (nSPS) is 20.7. The van der Waals surface area contributed by atoms with Gasteiger partial charge in [0.05, 0.1) is 60.6 Å². The van der Waals surface area contributed by atoms with Crippen molar-refractivity contribution in [2.45, 2.75) is 83.0 Å². The zero-order chi connectivity index (χ0) is 69.1. The first-order chi connectivity index (χ1) is 48.1. The van der Waals surface area contributed by atoms with Gasteiger partial charge in [-0.2, -0.15) is 10.5 Å². The lowest BCUT2D eigenvalue weighted by Gasteiger charge is -2.19. The van der Waals surface area contributed by atoms with E-state index in [9.17, 15) is 39.3 Å². The van der Waals surface area contributed by atoms with Gasteiger partial charge in [0.1, 0.15) is 46.7 Å². The molecule has 3 fully saturated rings. The van der Waals surface area contributed by atoms with Gasteiger partial charge in [0.15, 0.2) is 31.4 Å². The molecular weight excluding hydrogens is 1340 g/mol. The van der Waals surface area contributed by atoms with E-state index in [1.807, 2.05) is 25.1 Å². The largest absolute Gasteiger partial charge is 0.483 e. The highest BCUT2D eigenvalue weighted by Crippen LogP contribution is 2.37. The lowest BCUT2D eigenvalue weighted by Crippen LogP contribution is -2.30. The highest BCUT2D eigenvalue weighted by Gasteiger charge is 2.38. The predicted molar refractivity (Wildman–Crippen MR) is 363 cm³/mol. The highest BCUT2D eigenvalue weighted by molar-refractivity contribution is 6.30. The molecule has 3 aliphatic carbocycles. The molecule has 0 bridgehead atoms. The number of hydrogen-bond donors (Lipinski definition) is 7. The smallest absolute Gasteiger partial charge is 0.415 e. The summed E-state index contributed by atoms with van der Waals surface area (Å²) in [4.78, 5) is 106. The van der Waals surface area contributed by atoms with E-state index in [0.717, 1.165) is 93.6 Å². The van der Waals surface area contributed by atoms with Crippen LogP contribution in [0.5, 0.6) is 17.5 Å². The van der Waals surface area contributed by atoms with Crippen LogP contribution in [0.3, 0.4) is 0 Å². The minimum atomic E-state index is -0.450. The van der Waals surface area contributed by atoms with Crippen molar-refractivity contribution in [1.82, 2.24) is 40.9 Å². The number of carboxylic acid groups (broad SMARTS) is 1. The quantitative estimate of drug-likeness (QED) is 0.0224. The lowest BCUT2D eigenvalue weighted by atomic mass is 10.0. The average molecular weight is 1410 g/mol. The monoisotopic (exact) mass is 1410 g/mol. The van der Waals surface area contributed by atoms with Gasteiger partial charge >= 0.3 is 18.3 Å². The number of amides is 6. The Morgan fingerprint density at radius 2 is 1.08 bits per heavy atom. The summed E-state index contributed by atoms with van der Waals surface area (Å²) in [6.07, 6.45) is 12.3. The molecule has 15 rings (SSSR count). The van der Waals surface area contributed by atoms with E-state index in [1.54, 1.807) is 49.1 Å². The number of rotatable bonds is 18.